The molecule has 2 nitrogen and oxygen atoms in total. The second-order valence-electron chi connectivity index (χ2n) is 4.37. The lowest BCUT2D eigenvalue weighted by Gasteiger charge is -2.29. The van der Waals surface area contributed by atoms with Gasteiger partial charge in [0.05, 0.1) is 0 Å². The van der Waals surface area contributed by atoms with Crippen molar-refractivity contribution in [1.29, 1.82) is 0 Å². The quantitative estimate of drug-likeness (QED) is 0.694. The molecule has 1 unspecified atom stereocenters. The highest BCUT2D eigenvalue weighted by molar-refractivity contribution is 5.96. The van der Waals surface area contributed by atoms with E-state index in [1.807, 2.05) is 19.1 Å². The van der Waals surface area contributed by atoms with Crippen molar-refractivity contribution in [3.05, 3.63) is 29.8 Å². The van der Waals surface area contributed by atoms with Gasteiger partial charge in [0.2, 0.25) is 0 Å². The average molecular weight is 233 g/mol. The van der Waals surface area contributed by atoms with E-state index in [1.165, 1.54) is 5.69 Å². The van der Waals surface area contributed by atoms with Gasteiger partial charge >= 0.3 is 0 Å². The highest BCUT2D eigenvalue weighted by Gasteiger charge is 2.11. The summed E-state index contributed by atoms with van der Waals surface area (Å²) in [6, 6.07) is 8.52. The molecule has 1 rings (SSSR count). The van der Waals surface area contributed by atoms with Crippen molar-refractivity contribution < 1.29 is 4.79 Å². The minimum Gasteiger partial charge on any atom is -0.369 e. The number of anilines is 1. The van der Waals surface area contributed by atoms with E-state index in [0.717, 1.165) is 18.5 Å². The van der Waals surface area contributed by atoms with Crippen molar-refractivity contribution in [1.82, 2.24) is 0 Å². The minimum atomic E-state index is 0.211. The first kappa shape index (κ1) is 13.8. The molecule has 0 aromatic heterocycles. The highest BCUT2D eigenvalue weighted by atomic mass is 16.1. The van der Waals surface area contributed by atoms with E-state index < -0.39 is 0 Å². The zero-order valence-electron chi connectivity index (χ0n) is 11.4. The molecule has 0 spiro atoms. The van der Waals surface area contributed by atoms with Gasteiger partial charge in [-0.1, -0.05) is 13.8 Å². The van der Waals surface area contributed by atoms with E-state index in [2.05, 4.69) is 37.8 Å². The number of hydrogen-bond donors (Lipinski definition) is 0. The van der Waals surface area contributed by atoms with Crippen LogP contribution in [-0.2, 0) is 0 Å². The van der Waals surface area contributed by atoms with E-state index in [4.69, 9.17) is 0 Å². The number of benzene rings is 1. The number of carbonyl (C=O) groups excluding carboxylic acids is 1. The van der Waals surface area contributed by atoms with Crippen molar-refractivity contribution in [2.45, 2.75) is 46.6 Å². The van der Waals surface area contributed by atoms with Gasteiger partial charge in [0.1, 0.15) is 0 Å². The van der Waals surface area contributed by atoms with E-state index in [-0.39, 0.29) is 5.78 Å². The molecule has 1 aromatic carbocycles. The standard InChI is InChI=1S/C15H23NO/c1-5-12(4)16(7-3)14-10-8-13(9-11-14)15(17)6-2/h8-12H,5-7H2,1-4H3. The maximum atomic E-state index is 11.5. The van der Waals surface area contributed by atoms with Crippen molar-refractivity contribution in [2.75, 3.05) is 11.4 Å². The Morgan fingerprint density at radius 3 is 2.18 bits per heavy atom. The summed E-state index contributed by atoms with van der Waals surface area (Å²) in [5.41, 5.74) is 2.02. The Morgan fingerprint density at radius 1 is 1.18 bits per heavy atom. The van der Waals surface area contributed by atoms with Crippen LogP contribution in [0.2, 0.25) is 0 Å². The van der Waals surface area contributed by atoms with Gasteiger partial charge in [-0.3, -0.25) is 4.79 Å². The predicted octanol–water partition coefficient (Wildman–Crippen LogP) is 3.90. The molecular formula is C15H23NO. The van der Waals surface area contributed by atoms with E-state index in [1.54, 1.807) is 0 Å². The molecule has 0 saturated heterocycles. The molecule has 2 heteroatoms. The van der Waals surface area contributed by atoms with E-state index in [0.29, 0.717) is 12.5 Å². The normalized spacial score (nSPS) is 12.2. The van der Waals surface area contributed by atoms with Crippen LogP contribution in [0.3, 0.4) is 0 Å². The predicted molar refractivity (Wildman–Crippen MR) is 73.8 cm³/mol. The van der Waals surface area contributed by atoms with Crippen molar-refractivity contribution >= 4 is 11.5 Å². The van der Waals surface area contributed by atoms with Crippen LogP contribution in [-0.4, -0.2) is 18.4 Å². The molecule has 0 aliphatic heterocycles. The topological polar surface area (TPSA) is 20.3 Å². The zero-order valence-corrected chi connectivity index (χ0v) is 11.4. The Hall–Kier alpha value is -1.31. The van der Waals surface area contributed by atoms with Crippen LogP contribution in [0.15, 0.2) is 24.3 Å². The van der Waals surface area contributed by atoms with Gasteiger partial charge < -0.3 is 4.90 Å². The third kappa shape index (κ3) is 3.32. The smallest absolute Gasteiger partial charge is 0.162 e. The molecule has 94 valence electrons. The second-order valence-corrected chi connectivity index (χ2v) is 4.37. The first-order valence-corrected chi connectivity index (χ1v) is 6.53. The summed E-state index contributed by atoms with van der Waals surface area (Å²) in [6.07, 6.45) is 1.70. The number of hydrogen-bond acceptors (Lipinski definition) is 2. The molecule has 0 N–H and O–H groups in total. The molecule has 17 heavy (non-hydrogen) atoms. The molecule has 0 bridgehead atoms. The summed E-state index contributed by atoms with van der Waals surface area (Å²) in [4.78, 5) is 13.9. The van der Waals surface area contributed by atoms with Gasteiger partial charge in [0.25, 0.3) is 0 Å². The van der Waals surface area contributed by atoms with Gasteiger partial charge in [-0.25, -0.2) is 0 Å². The number of Topliss-reactive ketones (excluding diaryl/α,β-unsaturated/α-hetero) is 1. The molecule has 0 aliphatic rings. The summed E-state index contributed by atoms with van der Waals surface area (Å²) < 4.78 is 0. The first-order valence-electron chi connectivity index (χ1n) is 6.53. The lowest BCUT2D eigenvalue weighted by molar-refractivity contribution is 0.0988. The summed E-state index contributed by atoms with van der Waals surface area (Å²) in [5, 5.41) is 0. The van der Waals surface area contributed by atoms with Crippen LogP contribution in [0.1, 0.15) is 50.9 Å². The lowest BCUT2D eigenvalue weighted by Crippen LogP contribution is -2.32. The maximum Gasteiger partial charge on any atom is 0.162 e. The van der Waals surface area contributed by atoms with Crippen LogP contribution in [0, 0.1) is 0 Å². The van der Waals surface area contributed by atoms with Gasteiger partial charge in [0, 0.05) is 30.3 Å². The number of ketones is 1. The number of carbonyl (C=O) groups is 1. The maximum absolute atomic E-state index is 11.5. The van der Waals surface area contributed by atoms with E-state index in [9.17, 15) is 4.79 Å². The molecule has 0 amide bonds. The zero-order chi connectivity index (χ0) is 12.8. The van der Waals surface area contributed by atoms with Crippen molar-refractivity contribution in [3.8, 4) is 0 Å². The fourth-order valence-electron chi connectivity index (χ4n) is 2.01. The third-order valence-electron chi connectivity index (χ3n) is 3.31. The molecule has 0 aliphatic carbocycles. The van der Waals surface area contributed by atoms with Crippen LogP contribution >= 0.6 is 0 Å². The average Bonchev–Trinajstić information content (AvgIpc) is 2.39. The fourth-order valence-corrected chi connectivity index (χ4v) is 2.01. The second kappa shape index (κ2) is 6.43. The Kier molecular flexibility index (Phi) is 5.20. The molecule has 1 aromatic rings. The summed E-state index contributed by atoms with van der Waals surface area (Å²) in [6.45, 7) is 9.48. The van der Waals surface area contributed by atoms with Gasteiger partial charge in [-0.15, -0.1) is 0 Å². The van der Waals surface area contributed by atoms with Crippen LogP contribution < -0.4 is 4.90 Å². The molecule has 1 atom stereocenters. The molecule has 0 radical (unpaired) electrons. The summed E-state index contributed by atoms with van der Waals surface area (Å²) in [7, 11) is 0. The van der Waals surface area contributed by atoms with E-state index >= 15 is 0 Å². The summed E-state index contributed by atoms with van der Waals surface area (Å²) in [5.74, 6) is 0.211. The van der Waals surface area contributed by atoms with Crippen LogP contribution in [0.5, 0.6) is 0 Å². The molecule has 0 fully saturated rings. The van der Waals surface area contributed by atoms with Gasteiger partial charge in [0.15, 0.2) is 5.78 Å². The van der Waals surface area contributed by atoms with Crippen LogP contribution in [0.4, 0.5) is 5.69 Å². The number of rotatable bonds is 6. The SMILES string of the molecule is CCC(=O)c1ccc(N(CC)C(C)CC)cc1. The molecule has 0 saturated carbocycles. The highest BCUT2D eigenvalue weighted by Crippen LogP contribution is 2.19. The molecular weight excluding hydrogens is 210 g/mol. The minimum absolute atomic E-state index is 0.211. The lowest BCUT2D eigenvalue weighted by atomic mass is 10.1. The monoisotopic (exact) mass is 233 g/mol. The van der Waals surface area contributed by atoms with Gasteiger partial charge in [-0.05, 0) is 44.5 Å². The first-order chi connectivity index (χ1) is 8.13. The Labute approximate surface area is 105 Å². The number of nitrogens with zero attached hydrogens (tertiary/aromatic N) is 1. The summed E-state index contributed by atoms with van der Waals surface area (Å²) >= 11 is 0. The van der Waals surface area contributed by atoms with Crippen LogP contribution in [0.25, 0.3) is 0 Å². The van der Waals surface area contributed by atoms with Crippen molar-refractivity contribution in [2.24, 2.45) is 0 Å². The fraction of sp³-hybridized carbons (Fsp3) is 0.533. The van der Waals surface area contributed by atoms with Gasteiger partial charge in [-0.2, -0.15) is 0 Å². The van der Waals surface area contributed by atoms with Crippen molar-refractivity contribution in [3.63, 3.8) is 0 Å². The molecule has 0 heterocycles. The largest absolute Gasteiger partial charge is 0.369 e. The Balaban J connectivity index is 2.88. The Bertz CT molecular complexity index is 356. The Morgan fingerprint density at radius 2 is 1.76 bits per heavy atom. The third-order valence-corrected chi connectivity index (χ3v) is 3.31.